The Morgan fingerprint density at radius 3 is 2.27 bits per heavy atom. The molecule has 1 aromatic rings. The van der Waals surface area contributed by atoms with E-state index in [1.807, 2.05) is 36.4 Å². The zero-order valence-electron chi connectivity index (χ0n) is 24.5. The van der Waals surface area contributed by atoms with E-state index in [1.165, 1.54) is 7.11 Å². The second kappa shape index (κ2) is 17.0. The highest BCUT2D eigenvalue weighted by atomic mass is 16.8. The van der Waals surface area contributed by atoms with Crippen molar-refractivity contribution >= 4 is 5.97 Å². The first-order valence-corrected chi connectivity index (χ1v) is 15.4. The Balaban J connectivity index is 1.30. The van der Waals surface area contributed by atoms with Crippen molar-refractivity contribution in [2.24, 2.45) is 11.8 Å². The molecular weight excluding hydrogens is 524 g/mol. The number of esters is 1. The van der Waals surface area contributed by atoms with E-state index in [-0.39, 0.29) is 18.4 Å². The van der Waals surface area contributed by atoms with Crippen LogP contribution in [0, 0.1) is 11.8 Å². The first-order chi connectivity index (χ1) is 20.1. The molecule has 8 heteroatoms. The van der Waals surface area contributed by atoms with E-state index in [1.54, 1.807) is 0 Å². The lowest BCUT2D eigenvalue weighted by Crippen LogP contribution is -2.51. The molecule has 1 aliphatic carbocycles. The number of hydrogen-bond donors (Lipinski definition) is 1. The highest BCUT2D eigenvalue weighted by Gasteiger charge is 2.47. The van der Waals surface area contributed by atoms with Gasteiger partial charge in [0.1, 0.15) is 5.75 Å². The summed E-state index contributed by atoms with van der Waals surface area (Å²) in [6.07, 6.45) is 16.7. The molecular formula is C33H48O8. The molecule has 3 fully saturated rings. The number of allylic oxidation sites excluding steroid dienone is 3. The molecule has 2 saturated heterocycles. The average molecular weight is 573 g/mol. The van der Waals surface area contributed by atoms with E-state index in [9.17, 15) is 9.90 Å². The van der Waals surface area contributed by atoms with Gasteiger partial charge in [-0.15, -0.1) is 0 Å². The lowest BCUT2D eigenvalue weighted by molar-refractivity contribution is -0.352. The van der Waals surface area contributed by atoms with Gasteiger partial charge in [0.2, 0.25) is 0 Å². The largest absolute Gasteiger partial charge is 0.493 e. The highest BCUT2D eigenvalue weighted by Crippen LogP contribution is 2.36. The Bertz CT molecular complexity index is 916. The Kier molecular flexibility index (Phi) is 13.2. The smallest absolute Gasteiger partial charge is 0.366 e. The molecule has 4 rings (SSSR count). The fourth-order valence-electron chi connectivity index (χ4n) is 5.86. The molecule has 41 heavy (non-hydrogen) atoms. The summed E-state index contributed by atoms with van der Waals surface area (Å²) in [5.41, 5.74) is 0. The van der Waals surface area contributed by atoms with Crippen molar-refractivity contribution in [1.29, 1.82) is 0 Å². The maximum atomic E-state index is 13.1. The Hall–Kier alpha value is -2.23. The van der Waals surface area contributed by atoms with E-state index in [2.05, 4.69) is 18.2 Å². The predicted octanol–water partition coefficient (Wildman–Crippen LogP) is 6.08. The van der Waals surface area contributed by atoms with Gasteiger partial charge in [0.15, 0.2) is 12.6 Å². The Morgan fingerprint density at radius 2 is 1.63 bits per heavy atom. The van der Waals surface area contributed by atoms with Crippen LogP contribution in [0.25, 0.3) is 0 Å². The van der Waals surface area contributed by atoms with Crippen molar-refractivity contribution in [3.8, 4) is 5.75 Å². The molecule has 0 spiro atoms. The molecule has 0 amide bonds. The molecule has 5 atom stereocenters. The summed E-state index contributed by atoms with van der Waals surface area (Å²) in [6.45, 7) is 1.83. The van der Waals surface area contributed by atoms with Gasteiger partial charge in [0.05, 0.1) is 19.8 Å². The lowest BCUT2D eigenvalue weighted by atomic mass is 9.90. The fraction of sp³-hybridized carbons (Fsp3) is 0.667. The summed E-state index contributed by atoms with van der Waals surface area (Å²) in [6, 6.07) is 9.83. The van der Waals surface area contributed by atoms with E-state index in [0.717, 1.165) is 57.1 Å². The first kappa shape index (κ1) is 31.7. The summed E-state index contributed by atoms with van der Waals surface area (Å²) in [4.78, 5) is 13.1. The number of methoxy groups -OCH3 is 1. The number of aliphatic hydroxyl groups is 1. The number of aliphatic hydroxyl groups excluding tert-OH is 1. The minimum absolute atomic E-state index is 0.168. The molecule has 1 aromatic carbocycles. The van der Waals surface area contributed by atoms with E-state index < -0.39 is 24.3 Å². The molecule has 2 aliphatic heterocycles. The van der Waals surface area contributed by atoms with Crippen molar-refractivity contribution < 1.29 is 38.3 Å². The molecule has 0 radical (unpaired) electrons. The van der Waals surface area contributed by atoms with Crippen molar-refractivity contribution in [1.82, 2.24) is 0 Å². The van der Waals surface area contributed by atoms with Crippen molar-refractivity contribution in [2.75, 3.05) is 26.9 Å². The predicted molar refractivity (Wildman–Crippen MR) is 155 cm³/mol. The maximum absolute atomic E-state index is 13.1. The summed E-state index contributed by atoms with van der Waals surface area (Å²) >= 11 is 0. The van der Waals surface area contributed by atoms with Gasteiger partial charge in [-0.1, -0.05) is 42.5 Å². The topological polar surface area (TPSA) is 92.7 Å². The average Bonchev–Trinajstić information content (AvgIpc) is 3.36. The van der Waals surface area contributed by atoms with Crippen LogP contribution in [0.15, 0.2) is 54.6 Å². The van der Waals surface area contributed by atoms with E-state index in [0.29, 0.717) is 45.0 Å². The SMILES string of the molecule is COC(=O)C(CC/C=C\C[C@H]1[C@@H](O)CC[C@@H]1/C=C/CCOc1ccccc1)(OC1CCCCO1)OC1CCCCO1. The quantitative estimate of drug-likeness (QED) is 0.117. The lowest BCUT2D eigenvalue weighted by Gasteiger charge is -2.38. The summed E-state index contributed by atoms with van der Waals surface area (Å²) in [5.74, 6) is -0.782. The molecule has 1 N–H and O–H groups in total. The third-order valence-corrected chi connectivity index (χ3v) is 8.15. The van der Waals surface area contributed by atoms with Gasteiger partial charge < -0.3 is 33.5 Å². The maximum Gasteiger partial charge on any atom is 0.366 e. The first-order valence-electron chi connectivity index (χ1n) is 15.4. The summed E-state index contributed by atoms with van der Waals surface area (Å²) in [7, 11) is 1.35. The van der Waals surface area contributed by atoms with Gasteiger partial charge >= 0.3 is 5.97 Å². The van der Waals surface area contributed by atoms with Crippen LogP contribution in [0.2, 0.25) is 0 Å². The number of benzene rings is 1. The van der Waals surface area contributed by atoms with Gasteiger partial charge in [-0.25, -0.2) is 4.79 Å². The molecule has 8 nitrogen and oxygen atoms in total. The summed E-state index contributed by atoms with van der Waals surface area (Å²) in [5, 5.41) is 10.6. The van der Waals surface area contributed by atoms with Crippen molar-refractivity contribution in [3.63, 3.8) is 0 Å². The van der Waals surface area contributed by atoms with Gasteiger partial charge in [-0.3, -0.25) is 0 Å². The molecule has 0 bridgehead atoms. The molecule has 228 valence electrons. The summed E-state index contributed by atoms with van der Waals surface area (Å²) < 4.78 is 35.0. The van der Waals surface area contributed by atoms with Crippen LogP contribution in [0.4, 0.5) is 0 Å². The number of hydrogen-bond acceptors (Lipinski definition) is 8. The minimum Gasteiger partial charge on any atom is -0.493 e. The Morgan fingerprint density at radius 1 is 0.927 bits per heavy atom. The Labute approximate surface area is 245 Å². The van der Waals surface area contributed by atoms with Gasteiger partial charge in [-0.2, -0.15) is 0 Å². The number of carbonyl (C=O) groups is 1. The van der Waals surface area contributed by atoms with Crippen LogP contribution in [0.1, 0.15) is 77.0 Å². The molecule has 1 saturated carbocycles. The van der Waals surface area contributed by atoms with Crippen molar-refractivity contribution in [3.05, 3.63) is 54.6 Å². The third kappa shape index (κ3) is 9.93. The molecule has 0 aromatic heterocycles. The van der Waals surface area contributed by atoms with Crippen LogP contribution in [-0.4, -0.2) is 62.5 Å². The third-order valence-electron chi connectivity index (χ3n) is 8.15. The van der Waals surface area contributed by atoms with Gasteiger partial charge in [0, 0.05) is 19.6 Å². The highest BCUT2D eigenvalue weighted by molar-refractivity contribution is 5.77. The minimum atomic E-state index is -1.59. The van der Waals surface area contributed by atoms with Gasteiger partial charge in [0.25, 0.3) is 5.79 Å². The van der Waals surface area contributed by atoms with Crippen LogP contribution >= 0.6 is 0 Å². The molecule has 3 aliphatic rings. The number of rotatable bonds is 15. The van der Waals surface area contributed by atoms with Crippen LogP contribution < -0.4 is 4.74 Å². The second-order valence-corrected chi connectivity index (χ2v) is 11.2. The monoisotopic (exact) mass is 572 g/mol. The van der Waals surface area contributed by atoms with Crippen molar-refractivity contribution in [2.45, 2.75) is 102 Å². The molecule has 2 unspecified atom stereocenters. The van der Waals surface area contributed by atoms with Crippen LogP contribution in [-0.2, 0) is 28.5 Å². The normalized spacial score (nSPS) is 28.6. The van der Waals surface area contributed by atoms with Crippen LogP contribution in [0.5, 0.6) is 5.75 Å². The fourth-order valence-corrected chi connectivity index (χ4v) is 5.86. The second-order valence-electron chi connectivity index (χ2n) is 11.2. The number of ether oxygens (including phenoxy) is 6. The molecule has 2 heterocycles. The zero-order chi connectivity index (χ0) is 28.8. The van der Waals surface area contributed by atoms with Gasteiger partial charge in [-0.05, 0) is 94.6 Å². The standard InChI is InChI=1S/C33H48O8/c1-36-32(35)33(40-30-18-8-12-24-38-30,41-31-19-9-13-25-39-31)22-10-3-6-17-28-26(20-21-29(28)34)14-7-11-23-37-27-15-4-2-5-16-27/h2-7,14-16,26,28-31,34H,8-13,17-25H2,1H3/b6-3-,14-7+/t26-,28+,29-,30?,31?,33?/m0/s1. The zero-order valence-corrected chi connectivity index (χ0v) is 24.5. The number of para-hydroxylation sites is 1. The van der Waals surface area contributed by atoms with E-state index >= 15 is 0 Å². The number of carbonyl (C=O) groups excluding carboxylic acids is 1. The van der Waals surface area contributed by atoms with Crippen LogP contribution in [0.3, 0.4) is 0 Å². The van der Waals surface area contributed by atoms with E-state index in [4.69, 9.17) is 28.4 Å².